The van der Waals surface area contributed by atoms with E-state index in [0.717, 1.165) is 5.57 Å². The molecule has 80 valence electrons. The molecule has 1 rings (SSSR count). The van der Waals surface area contributed by atoms with Gasteiger partial charge in [-0.15, -0.1) is 6.58 Å². The fraction of sp³-hybridized carbons (Fsp3) is 0.727. The van der Waals surface area contributed by atoms with Crippen LogP contribution >= 0.6 is 0 Å². The van der Waals surface area contributed by atoms with Gasteiger partial charge in [0.05, 0.1) is 11.5 Å². The summed E-state index contributed by atoms with van der Waals surface area (Å²) in [5.74, 6) is -0.743. The molecular weight excluding hydrogens is 180 g/mol. The summed E-state index contributed by atoms with van der Waals surface area (Å²) in [6, 6.07) is 0. The van der Waals surface area contributed by atoms with Crippen molar-refractivity contribution in [3.05, 3.63) is 12.2 Å². The van der Waals surface area contributed by atoms with Crippen LogP contribution in [0.15, 0.2) is 12.2 Å². The molecule has 0 radical (unpaired) electrons. The van der Waals surface area contributed by atoms with Gasteiger partial charge >= 0.3 is 5.97 Å². The lowest BCUT2D eigenvalue weighted by Crippen LogP contribution is -2.37. The van der Waals surface area contributed by atoms with Crippen LogP contribution in [0.5, 0.6) is 0 Å². The Hall–Kier alpha value is -0.830. The van der Waals surface area contributed by atoms with Crippen molar-refractivity contribution in [2.24, 2.45) is 5.41 Å². The fourth-order valence-electron chi connectivity index (χ4n) is 2.20. The number of allylic oxidation sites excluding steroid dienone is 1. The number of aliphatic hydroxyl groups is 1. The third-order valence-corrected chi connectivity index (χ3v) is 3.01. The zero-order valence-corrected chi connectivity index (χ0v) is 8.62. The number of rotatable bonds is 3. The molecule has 3 nitrogen and oxygen atoms in total. The largest absolute Gasteiger partial charge is 0.481 e. The third-order valence-electron chi connectivity index (χ3n) is 3.01. The Kier molecular flexibility index (Phi) is 3.32. The zero-order chi connectivity index (χ0) is 10.8. The first-order valence-electron chi connectivity index (χ1n) is 5.02. The van der Waals surface area contributed by atoms with E-state index in [1.807, 2.05) is 6.92 Å². The zero-order valence-electron chi connectivity index (χ0n) is 8.62. The molecule has 0 bridgehead atoms. The minimum absolute atomic E-state index is 0.312. The van der Waals surface area contributed by atoms with Gasteiger partial charge in [0.2, 0.25) is 0 Å². The van der Waals surface area contributed by atoms with E-state index >= 15 is 0 Å². The number of aliphatic carboxylic acids is 1. The molecule has 0 saturated heterocycles. The quantitative estimate of drug-likeness (QED) is 0.681. The van der Waals surface area contributed by atoms with Crippen molar-refractivity contribution >= 4 is 5.97 Å². The molecule has 0 atom stereocenters. The molecule has 1 aliphatic rings. The van der Waals surface area contributed by atoms with Crippen LogP contribution in [0.2, 0.25) is 0 Å². The average Bonchev–Trinajstić information content (AvgIpc) is 2.08. The Labute approximate surface area is 84.4 Å². The minimum Gasteiger partial charge on any atom is -0.481 e. The van der Waals surface area contributed by atoms with Crippen molar-refractivity contribution in [2.45, 2.75) is 45.1 Å². The van der Waals surface area contributed by atoms with E-state index in [0.29, 0.717) is 32.1 Å². The van der Waals surface area contributed by atoms with Gasteiger partial charge in [-0.3, -0.25) is 4.79 Å². The first-order chi connectivity index (χ1) is 6.46. The van der Waals surface area contributed by atoms with E-state index in [-0.39, 0.29) is 6.10 Å². The lowest BCUT2D eigenvalue weighted by Gasteiger charge is -2.35. The van der Waals surface area contributed by atoms with Gasteiger partial charge in [-0.2, -0.15) is 0 Å². The maximum atomic E-state index is 11.2. The van der Waals surface area contributed by atoms with Crippen LogP contribution in [0, 0.1) is 5.41 Å². The van der Waals surface area contributed by atoms with Gasteiger partial charge in [0.15, 0.2) is 0 Å². The summed E-state index contributed by atoms with van der Waals surface area (Å²) in [7, 11) is 0. The van der Waals surface area contributed by atoms with Crippen molar-refractivity contribution in [3.63, 3.8) is 0 Å². The van der Waals surface area contributed by atoms with E-state index in [1.54, 1.807) is 0 Å². The molecule has 1 aliphatic carbocycles. The van der Waals surface area contributed by atoms with Crippen LogP contribution in [0.3, 0.4) is 0 Å². The van der Waals surface area contributed by atoms with Gasteiger partial charge in [-0.05, 0) is 39.0 Å². The number of hydrogen-bond acceptors (Lipinski definition) is 2. The summed E-state index contributed by atoms with van der Waals surface area (Å²) >= 11 is 0. The summed E-state index contributed by atoms with van der Waals surface area (Å²) < 4.78 is 0. The van der Waals surface area contributed by atoms with Crippen molar-refractivity contribution in [2.75, 3.05) is 0 Å². The molecule has 0 heterocycles. The molecule has 0 aromatic carbocycles. The van der Waals surface area contributed by atoms with Crippen molar-refractivity contribution in [1.82, 2.24) is 0 Å². The molecule has 1 fully saturated rings. The number of carboxylic acid groups (broad SMARTS) is 1. The lowest BCUT2D eigenvalue weighted by atomic mass is 9.70. The molecule has 0 aromatic heterocycles. The predicted molar refractivity (Wildman–Crippen MR) is 54.0 cm³/mol. The second-order valence-electron chi connectivity index (χ2n) is 4.45. The highest BCUT2D eigenvalue weighted by atomic mass is 16.4. The number of aliphatic hydroxyl groups excluding tert-OH is 1. The first-order valence-corrected chi connectivity index (χ1v) is 5.02. The Bertz CT molecular complexity index is 237. The second kappa shape index (κ2) is 4.13. The minimum atomic E-state index is -0.743. The van der Waals surface area contributed by atoms with E-state index in [4.69, 9.17) is 0 Å². The van der Waals surface area contributed by atoms with E-state index < -0.39 is 11.4 Å². The lowest BCUT2D eigenvalue weighted by molar-refractivity contribution is -0.152. The Morgan fingerprint density at radius 1 is 1.50 bits per heavy atom. The topological polar surface area (TPSA) is 57.5 Å². The van der Waals surface area contributed by atoms with Crippen molar-refractivity contribution < 1.29 is 15.0 Å². The van der Waals surface area contributed by atoms with Gasteiger partial charge in [-0.25, -0.2) is 0 Å². The molecule has 0 spiro atoms. The van der Waals surface area contributed by atoms with Gasteiger partial charge in [0, 0.05) is 0 Å². The monoisotopic (exact) mass is 198 g/mol. The Balaban J connectivity index is 2.73. The number of carboxylic acids is 1. The summed E-state index contributed by atoms with van der Waals surface area (Å²) in [6.07, 6.45) is 2.55. The van der Waals surface area contributed by atoms with Gasteiger partial charge in [0.25, 0.3) is 0 Å². The standard InChI is InChI=1S/C11H18O3/c1-8(2)7-11(10(13)14)5-3-9(12)4-6-11/h9,12H,1,3-7H2,2H3,(H,13,14). The number of carbonyl (C=O) groups is 1. The highest BCUT2D eigenvalue weighted by Crippen LogP contribution is 2.41. The molecule has 0 aromatic rings. The van der Waals surface area contributed by atoms with Crippen LogP contribution in [-0.4, -0.2) is 22.3 Å². The smallest absolute Gasteiger partial charge is 0.309 e. The summed E-state index contributed by atoms with van der Waals surface area (Å²) in [5.41, 5.74) is 0.245. The molecule has 14 heavy (non-hydrogen) atoms. The summed E-state index contributed by atoms with van der Waals surface area (Å²) in [5, 5.41) is 18.5. The first kappa shape index (κ1) is 11.2. The highest BCUT2D eigenvalue weighted by molar-refractivity contribution is 5.75. The normalized spacial score (nSPS) is 32.6. The molecule has 0 aliphatic heterocycles. The van der Waals surface area contributed by atoms with E-state index in [1.165, 1.54) is 0 Å². The second-order valence-corrected chi connectivity index (χ2v) is 4.45. The fourth-order valence-corrected chi connectivity index (χ4v) is 2.20. The molecule has 0 unspecified atom stereocenters. The molecule has 2 N–H and O–H groups in total. The van der Waals surface area contributed by atoms with E-state index in [9.17, 15) is 15.0 Å². The highest BCUT2D eigenvalue weighted by Gasteiger charge is 2.41. The van der Waals surface area contributed by atoms with Crippen LogP contribution in [0.25, 0.3) is 0 Å². The molecule has 1 saturated carbocycles. The van der Waals surface area contributed by atoms with Gasteiger partial charge in [0.1, 0.15) is 0 Å². The van der Waals surface area contributed by atoms with Crippen LogP contribution < -0.4 is 0 Å². The van der Waals surface area contributed by atoms with Crippen LogP contribution in [0.1, 0.15) is 39.0 Å². The Morgan fingerprint density at radius 2 is 2.00 bits per heavy atom. The van der Waals surface area contributed by atoms with Crippen LogP contribution in [0.4, 0.5) is 0 Å². The van der Waals surface area contributed by atoms with E-state index in [2.05, 4.69) is 6.58 Å². The van der Waals surface area contributed by atoms with Gasteiger partial charge in [-0.1, -0.05) is 5.57 Å². The Morgan fingerprint density at radius 3 is 2.36 bits per heavy atom. The average molecular weight is 198 g/mol. The number of hydrogen-bond donors (Lipinski definition) is 2. The molecule has 0 amide bonds. The maximum Gasteiger partial charge on any atom is 0.309 e. The SMILES string of the molecule is C=C(C)CC1(C(=O)O)CCC(O)CC1. The summed E-state index contributed by atoms with van der Waals surface area (Å²) in [4.78, 5) is 11.2. The summed E-state index contributed by atoms with van der Waals surface area (Å²) in [6.45, 7) is 5.63. The van der Waals surface area contributed by atoms with Crippen molar-refractivity contribution in [1.29, 1.82) is 0 Å². The van der Waals surface area contributed by atoms with Gasteiger partial charge < -0.3 is 10.2 Å². The molecular formula is C11H18O3. The molecule has 3 heteroatoms. The predicted octanol–water partition coefficient (Wildman–Crippen LogP) is 1.96. The van der Waals surface area contributed by atoms with Crippen molar-refractivity contribution in [3.8, 4) is 0 Å². The van der Waals surface area contributed by atoms with Crippen LogP contribution in [-0.2, 0) is 4.79 Å². The third kappa shape index (κ3) is 2.35. The maximum absolute atomic E-state index is 11.2.